The maximum Gasteiger partial charge on any atom is 0.185 e. The van der Waals surface area contributed by atoms with Crippen molar-refractivity contribution in [2.24, 2.45) is 0 Å². The zero-order valence-corrected chi connectivity index (χ0v) is 14.8. The van der Waals surface area contributed by atoms with Crippen molar-refractivity contribution in [2.75, 3.05) is 11.9 Å². The molecule has 116 valence electrons. The van der Waals surface area contributed by atoms with Gasteiger partial charge in [0.1, 0.15) is 0 Å². The molecule has 0 spiro atoms. The van der Waals surface area contributed by atoms with E-state index in [0.29, 0.717) is 12.1 Å². The van der Waals surface area contributed by atoms with Gasteiger partial charge in [-0.25, -0.2) is 4.98 Å². The van der Waals surface area contributed by atoms with Crippen LogP contribution in [-0.4, -0.2) is 24.1 Å². The minimum absolute atomic E-state index is 0.520. The van der Waals surface area contributed by atoms with E-state index in [0.717, 1.165) is 19.4 Å². The Morgan fingerprint density at radius 1 is 1.20 bits per heavy atom. The summed E-state index contributed by atoms with van der Waals surface area (Å²) in [6.45, 7) is 12.1. The molecule has 0 aliphatic carbocycles. The second-order valence-corrected chi connectivity index (χ2v) is 6.96. The van der Waals surface area contributed by atoms with Crippen LogP contribution in [0.3, 0.4) is 0 Å². The van der Waals surface area contributed by atoms with Crippen LogP contribution in [0, 0.1) is 0 Å². The van der Waals surface area contributed by atoms with Crippen LogP contribution in [0.1, 0.15) is 64.5 Å². The molecule has 0 aliphatic heterocycles. The average molecular weight is 298 g/mol. The first-order valence-corrected chi connectivity index (χ1v) is 8.75. The van der Waals surface area contributed by atoms with Gasteiger partial charge in [0.05, 0.1) is 5.69 Å². The van der Waals surface area contributed by atoms with Crippen molar-refractivity contribution in [3.05, 3.63) is 10.6 Å². The molecule has 0 amide bonds. The maximum absolute atomic E-state index is 4.89. The highest BCUT2D eigenvalue weighted by Crippen LogP contribution is 2.28. The zero-order chi connectivity index (χ0) is 15.1. The highest BCUT2D eigenvalue weighted by atomic mass is 32.1. The number of rotatable bonds is 9. The lowest BCUT2D eigenvalue weighted by atomic mass is 10.2. The monoisotopic (exact) mass is 297 g/mol. The fourth-order valence-electron chi connectivity index (χ4n) is 2.19. The maximum atomic E-state index is 4.89. The lowest BCUT2D eigenvalue weighted by molar-refractivity contribution is 0.589. The number of hydrogen-bond donors (Lipinski definition) is 1. The van der Waals surface area contributed by atoms with E-state index >= 15 is 0 Å². The lowest BCUT2D eigenvalue weighted by Gasteiger charge is -2.23. The molecule has 0 saturated carbocycles. The highest BCUT2D eigenvalue weighted by Gasteiger charge is 2.16. The van der Waals surface area contributed by atoms with E-state index in [-0.39, 0.29) is 0 Å². The van der Waals surface area contributed by atoms with E-state index in [1.165, 1.54) is 28.5 Å². The smallest absolute Gasteiger partial charge is 0.185 e. The Labute approximate surface area is 128 Å². The van der Waals surface area contributed by atoms with Crippen LogP contribution in [-0.2, 0) is 13.0 Å². The molecular formula is C16H31N3S. The van der Waals surface area contributed by atoms with E-state index in [2.05, 4.69) is 51.9 Å². The third kappa shape index (κ3) is 5.06. The van der Waals surface area contributed by atoms with Crippen LogP contribution < -0.4 is 10.2 Å². The van der Waals surface area contributed by atoms with Gasteiger partial charge in [-0.15, -0.1) is 11.3 Å². The van der Waals surface area contributed by atoms with Gasteiger partial charge in [-0.3, -0.25) is 0 Å². The highest BCUT2D eigenvalue weighted by molar-refractivity contribution is 7.15. The molecule has 20 heavy (non-hydrogen) atoms. The van der Waals surface area contributed by atoms with Crippen LogP contribution >= 0.6 is 11.3 Å². The number of aryl methyl sites for hydroxylation is 1. The minimum atomic E-state index is 0.520. The number of aromatic nitrogens is 1. The molecule has 1 N–H and O–H groups in total. The Hall–Kier alpha value is -0.610. The number of nitrogens with one attached hydrogen (secondary N) is 1. The second kappa shape index (κ2) is 8.63. The molecule has 1 rings (SSSR count). The molecule has 1 aromatic rings. The van der Waals surface area contributed by atoms with E-state index in [4.69, 9.17) is 4.98 Å². The summed E-state index contributed by atoms with van der Waals surface area (Å²) in [5, 5.41) is 4.70. The summed E-state index contributed by atoms with van der Waals surface area (Å²) in [4.78, 5) is 8.63. The normalized spacial score (nSPS) is 12.9. The van der Waals surface area contributed by atoms with Crippen molar-refractivity contribution in [3.8, 4) is 0 Å². The predicted octanol–water partition coefficient (Wildman–Crippen LogP) is 4.22. The molecule has 1 aromatic heterocycles. The fourth-order valence-corrected chi connectivity index (χ4v) is 3.31. The standard InChI is InChI=1S/C16H31N3S/c1-7-9-13(5)19(6)16-18-14(10-8-2)15(20-16)11-17-12(3)4/h12-13,17H,7-11H2,1-6H3. The minimum Gasteiger partial charge on any atom is -0.348 e. The molecule has 1 unspecified atom stereocenters. The summed E-state index contributed by atoms with van der Waals surface area (Å²) in [5.41, 5.74) is 1.29. The van der Waals surface area contributed by atoms with Gasteiger partial charge < -0.3 is 10.2 Å². The van der Waals surface area contributed by atoms with Crippen molar-refractivity contribution in [1.82, 2.24) is 10.3 Å². The van der Waals surface area contributed by atoms with E-state index in [1.54, 1.807) is 0 Å². The predicted molar refractivity (Wildman–Crippen MR) is 90.9 cm³/mol. The number of nitrogens with zero attached hydrogens (tertiary/aromatic N) is 2. The van der Waals surface area contributed by atoms with Crippen molar-refractivity contribution in [2.45, 2.75) is 78.9 Å². The first kappa shape index (κ1) is 17.4. The summed E-state index contributed by atoms with van der Waals surface area (Å²) >= 11 is 1.86. The van der Waals surface area contributed by atoms with E-state index in [9.17, 15) is 0 Å². The molecule has 1 heterocycles. The number of thiazole rings is 1. The quantitative estimate of drug-likeness (QED) is 0.740. The van der Waals surface area contributed by atoms with Gasteiger partial charge in [0, 0.05) is 30.6 Å². The topological polar surface area (TPSA) is 28.2 Å². The molecule has 0 bridgehead atoms. The van der Waals surface area contributed by atoms with Gasteiger partial charge in [0.2, 0.25) is 0 Å². The van der Waals surface area contributed by atoms with Gasteiger partial charge in [-0.1, -0.05) is 40.5 Å². The van der Waals surface area contributed by atoms with Gasteiger partial charge in [-0.2, -0.15) is 0 Å². The summed E-state index contributed by atoms with van der Waals surface area (Å²) in [7, 11) is 2.18. The first-order chi connectivity index (χ1) is 9.49. The molecular weight excluding hydrogens is 266 g/mol. The van der Waals surface area contributed by atoms with E-state index < -0.39 is 0 Å². The molecule has 4 heteroatoms. The SMILES string of the molecule is CCCc1nc(N(C)C(C)CCC)sc1CNC(C)C. The van der Waals surface area contributed by atoms with E-state index in [1.807, 2.05) is 11.3 Å². The Balaban J connectivity index is 2.84. The average Bonchev–Trinajstić information content (AvgIpc) is 2.79. The van der Waals surface area contributed by atoms with Crippen LogP contribution in [0.5, 0.6) is 0 Å². The second-order valence-electron chi connectivity index (χ2n) is 5.90. The molecule has 0 aromatic carbocycles. The Bertz CT molecular complexity index is 387. The first-order valence-electron chi connectivity index (χ1n) is 7.94. The molecule has 0 saturated heterocycles. The number of anilines is 1. The van der Waals surface area contributed by atoms with Gasteiger partial charge in [-0.05, 0) is 19.8 Å². The summed E-state index contributed by atoms with van der Waals surface area (Å²) in [6.07, 6.45) is 4.69. The van der Waals surface area contributed by atoms with Crippen molar-refractivity contribution >= 4 is 16.5 Å². The van der Waals surface area contributed by atoms with Gasteiger partial charge in [0.15, 0.2) is 5.13 Å². The van der Waals surface area contributed by atoms with Crippen molar-refractivity contribution in [1.29, 1.82) is 0 Å². The van der Waals surface area contributed by atoms with Gasteiger partial charge >= 0.3 is 0 Å². The third-order valence-electron chi connectivity index (χ3n) is 3.59. The largest absolute Gasteiger partial charge is 0.348 e. The molecule has 1 atom stereocenters. The Morgan fingerprint density at radius 2 is 1.90 bits per heavy atom. The third-order valence-corrected chi connectivity index (χ3v) is 4.78. The Morgan fingerprint density at radius 3 is 2.45 bits per heavy atom. The molecule has 0 fully saturated rings. The molecule has 0 radical (unpaired) electrons. The summed E-state index contributed by atoms with van der Waals surface area (Å²) < 4.78 is 0. The molecule has 0 aliphatic rings. The lowest BCUT2D eigenvalue weighted by Crippen LogP contribution is -2.28. The fraction of sp³-hybridized carbons (Fsp3) is 0.812. The van der Waals surface area contributed by atoms with Crippen LogP contribution in [0.4, 0.5) is 5.13 Å². The van der Waals surface area contributed by atoms with Crippen LogP contribution in [0.15, 0.2) is 0 Å². The Kier molecular flexibility index (Phi) is 7.52. The molecule has 3 nitrogen and oxygen atoms in total. The zero-order valence-electron chi connectivity index (χ0n) is 14.0. The van der Waals surface area contributed by atoms with Crippen LogP contribution in [0.2, 0.25) is 0 Å². The number of hydrogen-bond acceptors (Lipinski definition) is 4. The summed E-state index contributed by atoms with van der Waals surface area (Å²) in [5.74, 6) is 0. The van der Waals surface area contributed by atoms with Gasteiger partial charge in [0.25, 0.3) is 0 Å². The van der Waals surface area contributed by atoms with Crippen molar-refractivity contribution in [3.63, 3.8) is 0 Å². The van der Waals surface area contributed by atoms with Crippen molar-refractivity contribution < 1.29 is 0 Å². The van der Waals surface area contributed by atoms with Crippen LogP contribution in [0.25, 0.3) is 0 Å². The summed E-state index contributed by atoms with van der Waals surface area (Å²) in [6, 6.07) is 1.08.